The van der Waals surface area contributed by atoms with Crippen LogP contribution in [0.25, 0.3) is 0 Å². The topological polar surface area (TPSA) is 3.24 Å². The van der Waals surface area contributed by atoms with Gasteiger partial charge in [-0.1, -0.05) is 20.8 Å². The normalized spacial score (nSPS) is 26.5. The van der Waals surface area contributed by atoms with Crippen LogP contribution in [0.15, 0.2) is 0 Å². The number of likely N-dealkylation sites (tertiary alicyclic amines) is 1. The molecule has 0 bridgehead atoms. The third-order valence-electron chi connectivity index (χ3n) is 3.15. The predicted octanol–water partition coefficient (Wildman–Crippen LogP) is 2.91. The lowest BCUT2D eigenvalue weighted by Gasteiger charge is -2.36. The summed E-state index contributed by atoms with van der Waals surface area (Å²) in [5, 5.41) is 0. The monoisotopic (exact) mass is 169 g/mol. The molecule has 0 aliphatic carbocycles. The zero-order valence-electron chi connectivity index (χ0n) is 8.84. The Morgan fingerprint density at radius 2 is 2.00 bits per heavy atom. The van der Waals surface area contributed by atoms with E-state index in [1.54, 1.807) is 0 Å². The summed E-state index contributed by atoms with van der Waals surface area (Å²) < 4.78 is 0. The van der Waals surface area contributed by atoms with E-state index in [2.05, 4.69) is 25.7 Å². The largest absolute Gasteiger partial charge is 0.300 e. The number of piperidine rings is 1. The van der Waals surface area contributed by atoms with Gasteiger partial charge in [0.05, 0.1) is 0 Å². The molecule has 0 N–H and O–H groups in total. The van der Waals surface area contributed by atoms with E-state index in [9.17, 15) is 0 Å². The lowest BCUT2D eigenvalue weighted by Crippen LogP contribution is -2.41. The lowest BCUT2D eigenvalue weighted by molar-refractivity contribution is 0.123. The van der Waals surface area contributed by atoms with Crippen molar-refractivity contribution in [3.63, 3.8) is 0 Å². The number of nitrogens with zero attached hydrogens (tertiary/aromatic N) is 1. The second-order valence-corrected chi connectivity index (χ2v) is 4.21. The van der Waals surface area contributed by atoms with E-state index in [0.29, 0.717) is 0 Å². The molecule has 1 rings (SSSR count). The minimum atomic E-state index is 0.854. The van der Waals surface area contributed by atoms with Crippen LogP contribution < -0.4 is 0 Å². The Bertz CT molecular complexity index is 118. The van der Waals surface area contributed by atoms with Gasteiger partial charge in [0.2, 0.25) is 0 Å². The molecule has 0 aromatic rings. The maximum atomic E-state index is 2.69. The summed E-state index contributed by atoms with van der Waals surface area (Å²) in [5.41, 5.74) is 0. The molecule has 0 unspecified atom stereocenters. The Balaban J connectivity index is 2.38. The fourth-order valence-corrected chi connectivity index (χ4v) is 2.36. The SMILES string of the molecule is CCC(CC)N1CCC[C@@H](C)C1. The van der Waals surface area contributed by atoms with Gasteiger partial charge in [-0.05, 0) is 38.1 Å². The van der Waals surface area contributed by atoms with Crippen molar-refractivity contribution >= 4 is 0 Å². The van der Waals surface area contributed by atoms with E-state index in [1.165, 1.54) is 38.8 Å². The van der Waals surface area contributed by atoms with Crippen molar-refractivity contribution in [2.45, 2.75) is 52.5 Å². The number of hydrogen-bond donors (Lipinski definition) is 0. The van der Waals surface area contributed by atoms with Crippen LogP contribution in [-0.4, -0.2) is 24.0 Å². The van der Waals surface area contributed by atoms with Crippen molar-refractivity contribution < 1.29 is 0 Å². The third-order valence-corrected chi connectivity index (χ3v) is 3.15. The van der Waals surface area contributed by atoms with Crippen molar-refractivity contribution in [1.29, 1.82) is 0 Å². The fraction of sp³-hybridized carbons (Fsp3) is 1.00. The first kappa shape index (κ1) is 10.0. The molecule has 12 heavy (non-hydrogen) atoms. The average molecular weight is 169 g/mol. The molecule has 1 heteroatoms. The van der Waals surface area contributed by atoms with Crippen LogP contribution >= 0.6 is 0 Å². The predicted molar refractivity (Wildman–Crippen MR) is 54.3 cm³/mol. The van der Waals surface area contributed by atoms with Gasteiger partial charge in [-0.25, -0.2) is 0 Å². The molecule has 72 valence electrons. The van der Waals surface area contributed by atoms with Crippen molar-refractivity contribution in [2.24, 2.45) is 5.92 Å². The first-order chi connectivity index (χ1) is 5.77. The summed E-state index contributed by atoms with van der Waals surface area (Å²) >= 11 is 0. The van der Waals surface area contributed by atoms with Gasteiger partial charge in [0.1, 0.15) is 0 Å². The van der Waals surface area contributed by atoms with Crippen LogP contribution in [0.2, 0.25) is 0 Å². The highest BCUT2D eigenvalue weighted by atomic mass is 15.2. The summed E-state index contributed by atoms with van der Waals surface area (Å²) in [6.07, 6.45) is 5.50. The van der Waals surface area contributed by atoms with E-state index in [-0.39, 0.29) is 0 Å². The Hall–Kier alpha value is -0.0400. The number of hydrogen-bond acceptors (Lipinski definition) is 1. The highest BCUT2D eigenvalue weighted by Crippen LogP contribution is 2.20. The van der Waals surface area contributed by atoms with Crippen molar-refractivity contribution in [3.8, 4) is 0 Å². The molecule has 1 atom stereocenters. The molecule has 0 spiro atoms. The number of rotatable bonds is 3. The smallest absolute Gasteiger partial charge is 0.00901 e. The first-order valence-corrected chi connectivity index (χ1v) is 5.52. The van der Waals surface area contributed by atoms with Crippen LogP contribution in [-0.2, 0) is 0 Å². The Labute approximate surface area is 77.1 Å². The third kappa shape index (κ3) is 2.48. The van der Waals surface area contributed by atoms with Crippen LogP contribution in [0.1, 0.15) is 46.5 Å². The van der Waals surface area contributed by atoms with Crippen molar-refractivity contribution in [1.82, 2.24) is 4.90 Å². The van der Waals surface area contributed by atoms with E-state index in [0.717, 1.165) is 12.0 Å². The molecule has 0 aromatic heterocycles. The lowest BCUT2D eigenvalue weighted by atomic mass is 9.97. The molecule has 1 fully saturated rings. The maximum absolute atomic E-state index is 2.69. The van der Waals surface area contributed by atoms with Gasteiger partial charge in [-0.15, -0.1) is 0 Å². The van der Waals surface area contributed by atoms with E-state index < -0.39 is 0 Å². The van der Waals surface area contributed by atoms with E-state index in [1.807, 2.05) is 0 Å². The Morgan fingerprint density at radius 1 is 1.33 bits per heavy atom. The van der Waals surface area contributed by atoms with Crippen molar-refractivity contribution in [2.75, 3.05) is 13.1 Å². The van der Waals surface area contributed by atoms with Crippen LogP contribution in [0, 0.1) is 5.92 Å². The molecule has 0 radical (unpaired) electrons. The molecule has 1 aliphatic heterocycles. The molecular weight excluding hydrogens is 146 g/mol. The molecule has 1 saturated heterocycles. The molecule has 0 saturated carbocycles. The average Bonchev–Trinajstić information content (AvgIpc) is 2.07. The van der Waals surface area contributed by atoms with Crippen LogP contribution in [0.5, 0.6) is 0 Å². The first-order valence-electron chi connectivity index (χ1n) is 5.52. The van der Waals surface area contributed by atoms with Crippen LogP contribution in [0.3, 0.4) is 0 Å². The van der Waals surface area contributed by atoms with Gasteiger partial charge in [-0.3, -0.25) is 0 Å². The van der Waals surface area contributed by atoms with E-state index in [4.69, 9.17) is 0 Å². The fourth-order valence-electron chi connectivity index (χ4n) is 2.36. The highest BCUT2D eigenvalue weighted by Gasteiger charge is 2.20. The highest BCUT2D eigenvalue weighted by molar-refractivity contribution is 4.75. The zero-order chi connectivity index (χ0) is 8.97. The molecule has 0 aromatic carbocycles. The summed E-state index contributed by atoms with van der Waals surface area (Å²) in [6.45, 7) is 9.69. The summed E-state index contributed by atoms with van der Waals surface area (Å²) in [7, 11) is 0. The van der Waals surface area contributed by atoms with Crippen LogP contribution in [0.4, 0.5) is 0 Å². The molecule has 1 heterocycles. The zero-order valence-corrected chi connectivity index (χ0v) is 8.84. The second kappa shape index (κ2) is 4.86. The van der Waals surface area contributed by atoms with Gasteiger partial charge in [0.25, 0.3) is 0 Å². The molecule has 0 amide bonds. The van der Waals surface area contributed by atoms with Crippen molar-refractivity contribution in [3.05, 3.63) is 0 Å². The van der Waals surface area contributed by atoms with Gasteiger partial charge >= 0.3 is 0 Å². The second-order valence-electron chi connectivity index (χ2n) is 4.21. The minimum absolute atomic E-state index is 0.854. The van der Waals surface area contributed by atoms with Gasteiger partial charge in [-0.2, -0.15) is 0 Å². The van der Waals surface area contributed by atoms with Gasteiger partial charge in [0, 0.05) is 12.6 Å². The molecule has 1 aliphatic rings. The Kier molecular flexibility index (Phi) is 4.07. The minimum Gasteiger partial charge on any atom is -0.300 e. The molecule has 1 nitrogen and oxygen atoms in total. The summed E-state index contributed by atoms with van der Waals surface area (Å²) in [4.78, 5) is 2.69. The quantitative estimate of drug-likeness (QED) is 0.628. The summed E-state index contributed by atoms with van der Waals surface area (Å²) in [6, 6.07) is 0.854. The molecular formula is C11H23N. The maximum Gasteiger partial charge on any atom is 0.00901 e. The summed E-state index contributed by atoms with van der Waals surface area (Å²) in [5.74, 6) is 0.930. The van der Waals surface area contributed by atoms with E-state index >= 15 is 0 Å². The van der Waals surface area contributed by atoms with Gasteiger partial charge < -0.3 is 4.90 Å². The Morgan fingerprint density at radius 3 is 2.50 bits per heavy atom. The van der Waals surface area contributed by atoms with Gasteiger partial charge in [0.15, 0.2) is 0 Å². The standard InChI is InChI=1S/C11H23N/c1-4-11(5-2)12-8-6-7-10(3)9-12/h10-11H,4-9H2,1-3H3/t10-/m1/s1.